The Morgan fingerprint density at radius 3 is 3.00 bits per heavy atom. The Kier molecular flexibility index (Phi) is 3.45. The summed E-state index contributed by atoms with van der Waals surface area (Å²) >= 11 is 5.92. The van der Waals surface area contributed by atoms with Crippen LogP contribution in [0, 0.1) is 0 Å². The summed E-state index contributed by atoms with van der Waals surface area (Å²) in [5, 5.41) is 0.137. The molecule has 2 N–H and O–H groups in total. The van der Waals surface area contributed by atoms with Gasteiger partial charge in [-0.2, -0.15) is 0 Å². The largest absolute Gasteiger partial charge is 0.460 e. The van der Waals surface area contributed by atoms with Gasteiger partial charge in [0.25, 0.3) is 0 Å². The Morgan fingerprint density at radius 2 is 2.19 bits per heavy atom. The molecule has 0 saturated heterocycles. The number of carbonyl (C=O) groups excluding carboxylic acids is 1. The molecule has 2 aromatic heterocycles. The number of amides is 1. The summed E-state index contributed by atoms with van der Waals surface area (Å²) < 4.78 is 10.2. The Hall–Kier alpha value is -2.60. The van der Waals surface area contributed by atoms with Crippen molar-refractivity contribution >= 4 is 28.8 Å². The number of fused-ring (bicyclic) bond motifs is 1. The third-order valence-electron chi connectivity index (χ3n) is 2.86. The number of ether oxygens (including phenoxy) is 1. The molecule has 0 aliphatic rings. The molecule has 1 amide bonds. The van der Waals surface area contributed by atoms with Crippen molar-refractivity contribution in [2.45, 2.75) is 6.61 Å². The molecule has 21 heavy (non-hydrogen) atoms. The zero-order chi connectivity index (χ0) is 14.8. The lowest BCUT2D eigenvalue weighted by Crippen LogP contribution is -2.12. The molecule has 3 aromatic rings. The van der Waals surface area contributed by atoms with Gasteiger partial charge in [0.05, 0.1) is 6.26 Å². The van der Waals surface area contributed by atoms with Gasteiger partial charge < -0.3 is 14.9 Å². The number of rotatable bonds is 3. The van der Waals surface area contributed by atoms with Crippen LogP contribution in [-0.2, 0) is 11.3 Å². The lowest BCUT2D eigenvalue weighted by molar-refractivity contribution is 0.150. The number of hydrogen-bond donors (Lipinski definition) is 1. The van der Waals surface area contributed by atoms with Crippen LogP contribution >= 0.6 is 11.6 Å². The van der Waals surface area contributed by atoms with Crippen LogP contribution in [-0.4, -0.2) is 16.1 Å². The molecule has 0 aliphatic carbocycles. The molecule has 106 valence electrons. The summed E-state index contributed by atoms with van der Waals surface area (Å²) in [6, 6.07) is 9.03. The maximum atomic E-state index is 10.7. The SMILES string of the molecule is NC(=O)OCc1cccc(-c2nc(Cl)nc3ccoc23)c1. The number of halogens is 1. The lowest BCUT2D eigenvalue weighted by Gasteiger charge is -2.06. The number of furan rings is 1. The van der Waals surface area contributed by atoms with Crippen LogP contribution in [0.1, 0.15) is 5.56 Å². The summed E-state index contributed by atoms with van der Waals surface area (Å²) in [5.74, 6) is 0. The van der Waals surface area contributed by atoms with Crippen LogP contribution < -0.4 is 5.73 Å². The minimum Gasteiger partial charge on any atom is -0.460 e. The van der Waals surface area contributed by atoms with Gasteiger partial charge in [-0.3, -0.25) is 0 Å². The van der Waals surface area contributed by atoms with Crippen molar-refractivity contribution in [3.05, 3.63) is 47.4 Å². The predicted octanol–water partition coefficient (Wildman–Crippen LogP) is 3.14. The Balaban J connectivity index is 2.04. The minimum absolute atomic E-state index is 0.0866. The number of hydrogen-bond acceptors (Lipinski definition) is 5. The maximum absolute atomic E-state index is 10.7. The van der Waals surface area contributed by atoms with Gasteiger partial charge in [-0.1, -0.05) is 18.2 Å². The van der Waals surface area contributed by atoms with Crippen molar-refractivity contribution in [1.82, 2.24) is 9.97 Å². The van der Waals surface area contributed by atoms with Crippen molar-refractivity contribution in [1.29, 1.82) is 0 Å². The molecule has 0 spiro atoms. The highest BCUT2D eigenvalue weighted by molar-refractivity contribution is 6.28. The average Bonchev–Trinajstić information content (AvgIpc) is 2.92. The number of aromatic nitrogens is 2. The van der Waals surface area contributed by atoms with Gasteiger partial charge in [-0.25, -0.2) is 14.8 Å². The van der Waals surface area contributed by atoms with E-state index in [2.05, 4.69) is 9.97 Å². The molecule has 6 nitrogen and oxygen atoms in total. The van der Waals surface area contributed by atoms with Gasteiger partial charge in [0.1, 0.15) is 17.8 Å². The molecule has 0 saturated carbocycles. The van der Waals surface area contributed by atoms with Gasteiger partial charge >= 0.3 is 6.09 Å². The van der Waals surface area contributed by atoms with Crippen molar-refractivity contribution in [3.8, 4) is 11.3 Å². The highest BCUT2D eigenvalue weighted by Crippen LogP contribution is 2.28. The van der Waals surface area contributed by atoms with E-state index in [9.17, 15) is 4.79 Å². The monoisotopic (exact) mass is 303 g/mol. The second kappa shape index (κ2) is 5.41. The molecule has 2 heterocycles. The molecule has 0 unspecified atom stereocenters. The van der Waals surface area contributed by atoms with Crippen LogP contribution in [0.5, 0.6) is 0 Å². The van der Waals surface area contributed by atoms with Crippen LogP contribution in [0.2, 0.25) is 5.28 Å². The summed E-state index contributed by atoms with van der Waals surface area (Å²) in [7, 11) is 0. The molecule has 0 fully saturated rings. The number of primary amides is 1. The average molecular weight is 304 g/mol. The van der Waals surface area contributed by atoms with E-state index in [0.29, 0.717) is 16.8 Å². The normalized spacial score (nSPS) is 10.7. The van der Waals surface area contributed by atoms with E-state index < -0.39 is 6.09 Å². The molecule has 0 aliphatic heterocycles. The van der Waals surface area contributed by atoms with Crippen LogP contribution in [0.25, 0.3) is 22.4 Å². The smallest absolute Gasteiger partial charge is 0.404 e. The molecular weight excluding hydrogens is 294 g/mol. The molecule has 0 bridgehead atoms. The molecule has 3 rings (SSSR count). The van der Waals surface area contributed by atoms with Crippen molar-refractivity contribution in [2.24, 2.45) is 5.73 Å². The quantitative estimate of drug-likeness (QED) is 0.750. The fraction of sp³-hybridized carbons (Fsp3) is 0.0714. The summed E-state index contributed by atoms with van der Waals surface area (Å²) in [6.07, 6.45) is 0.707. The van der Waals surface area contributed by atoms with E-state index >= 15 is 0 Å². The maximum Gasteiger partial charge on any atom is 0.404 e. The van der Waals surface area contributed by atoms with E-state index in [1.807, 2.05) is 24.3 Å². The van der Waals surface area contributed by atoms with Gasteiger partial charge in [-0.05, 0) is 23.2 Å². The summed E-state index contributed by atoms with van der Waals surface area (Å²) in [4.78, 5) is 18.9. The van der Waals surface area contributed by atoms with Crippen LogP contribution in [0.4, 0.5) is 4.79 Å². The number of nitrogens with zero attached hydrogens (tertiary/aromatic N) is 2. The molecule has 1 aromatic carbocycles. The Morgan fingerprint density at radius 1 is 1.33 bits per heavy atom. The predicted molar refractivity (Wildman–Crippen MR) is 76.6 cm³/mol. The van der Waals surface area contributed by atoms with Gasteiger partial charge in [-0.15, -0.1) is 0 Å². The lowest BCUT2D eigenvalue weighted by atomic mass is 10.1. The van der Waals surface area contributed by atoms with Crippen LogP contribution in [0.3, 0.4) is 0 Å². The summed E-state index contributed by atoms with van der Waals surface area (Å²) in [6.45, 7) is 0.0866. The van der Waals surface area contributed by atoms with Crippen molar-refractivity contribution in [2.75, 3.05) is 0 Å². The van der Waals surface area contributed by atoms with Crippen molar-refractivity contribution < 1.29 is 13.9 Å². The first kappa shape index (κ1) is 13.4. The highest BCUT2D eigenvalue weighted by atomic mass is 35.5. The molecule has 0 atom stereocenters. The topological polar surface area (TPSA) is 91.2 Å². The van der Waals surface area contributed by atoms with E-state index in [1.54, 1.807) is 6.07 Å². The Bertz CT molecular complexity index is 816. The Labute approximate surface area is 124 Å². The first-order chi connectivity index (χ1) is 10.1. The first-order valence-corrected chi connectivity index (χ1v) is 6.43. The van der Waals surface area contributed by atoms with E-state index in [-0.39, 0.29) is 11.9 Å². The van der Waals surface area contributed by atoms with E-state index in [1.165, 1.54) is 6.26 Å². The highest BCUT2D eigenvalue weighted by Gasteiger charge is 2.12. The number of benzene rings is 1. The third-order valence-corrected chi connectivity index (χ3v) is 3.03. The fourth-order valence-electron chi connectivity index (χ4n) is 1.99. The van der Waals surface area contributed by atoms with Gasteiger partial charge in [0, 0.05) is 11.6 Å². The fourth-order valence-corrected chi connectivity index (χ4v) is 2.17. The third kappa shape index (κ3) is 2.80. The summed E-state index contributed by atoms with van der Waals surface area (Å²) in [5.41, 5.74) is 8.27. The van der Waals surface area contributed by atoms with Crippen molar-refractivity contribution in [3.63, 3.8) is 0 Å². The van der Waals surface area contributed by atoms with Crippen LogP contribution in [0.15, 0.2) is 41.0 Å². The minimum atomic E-state index is -0.820. The van der Waals surface area contributed by atoms with Gasteiger partial charge in [0.15, 0.2) is 5.58 Å². The first-order valence-electron chi connectivity index (χ1n) is 6.06. The van der Waals surface area contributed by atoms with E-state index in [4.69, 9.17) is 26.5 Å². The number of carbonyl (C=O) groups is 1. The van der Waals surface area contributed by atoms with E-state index in [0.717, 1.165) is 11.1 Å². The zero-order valence-corrected chi connectivity index (χ0v) is 11.5. The molecule has 0 radical (unpaired) electrons. The number of nitrogens with two attached hydrogens (primary N) is 1. The zero-order valence-electron chi connectivity index (χ0n) is 10.7. The van der Waals surface area contributed by atoms with Gasteiger partial charge in [0.2, 0.25) is 5.28 Å². The second-order valence-corrected chi connectivity index (χ2v) is 4.62. The molecular formula is C14H10ClN3O3. The molecule has 7 heteroatoms. The second-order valence-electron chi connectivity index (χ2n) is 4.28. The standard InChI is InChI=1S/C14H10ClN3O3/c15-13-17-10-4-5-20-12(10)11(18-13)9-3-1-2-8(6-9)7-21-14(16)19/h1-6H,7H2,(H2,16,19).